The summed E-state index contributed by atoms with van der Waals surface area (Å²) in [7, 11) is 0. The molecule has 5 rings (SSSR count). The van der Waals surface area contributed by atoms with Crippen LogP contribution in [0.25, 0.3) is 0 Å². The molecule has 13 atom stereocenters. The van der Waals surface area contributed by atoms with Crippen molar-refractivity contribution in [3.63, 3.8) is 0 Å². The number of aliphatic hydroxyl groups is 1. The van der Waals surface area contributed by atoms with Crippen molar-refractivity contribution in [3.8, 4) is 0 Å². The lowest BCUT2D eigenvalue weighted by Crippen LogP contribution is -2.61. The summed E-state index contributed by atoms with van der Waals surface area (Å²) >= 11 is 0. The number of nitrogens with zero attached hydrogens (tertiary/aromatic N) is 5. The quantitative estimate of drug-likeness (QED) is 0.0159. The van der Waals surface area contributed by atoms with Crippen LogP contribution in [-0.4, -0.2) is 213 Å². The lowest BCUT2D eigenvalue weighted by Gasteiger charge is -2.32. The van der Waals surface area contributed by atoms with Crippen molar-refractivity contribution in [2.24, 2.45) is 57.3 Å². The van der Waals surface area contributed by atoms with Crippen molar-refractivity contribution in [2.75, 3.05) is 32.8 Å². The van der Waals surface area contributed by atoms with E-state index in [1.54, 1.807) is 71.9 Å². The lowest BCUT2D eigenvalue weighted by atomic mass is 9.96. The highest BCUT2D eigenvalue weighted by Gasteiger charge is 2.42. The van der Waals surface area contributed by atoms with E-state index >= 15 is 0 Å². The minimum absolute atomic E-state index is 0.0173. The molecular formula is C74H117N21O14. The second-order valence-corrected chi connectivity index (χ2v) is 29.3. The molecular weight excluding hydrogens is 1410 g/mol. The molecule has 1 aromatic heterocycles. The fourth-order valence-corrected chi connectivity index (χ4v) is 12.7. The Balaban J connectivity index is 1.42. The number of amides is 13. The van der Waals surface area contributed by atoms with Gasteiger partial charge in [0.1, 0.15) is 66.5 Å². The highest BCUT2D eigenvalue weighted by Crippen LogP contribution is 2.22. The molecule has 35 nitrogen and oxygen atoms in total. The van der Waals surface area contributed by atoms with Crippen molar-refractivity contribution in [3.05, 3.63) is 83.7 Å². The second-order valence-electron chi connectivity index (χ2n) is 29.3. The Morgan fingerprint density at radius 1 is 0.642 bits per heavy atom. The summed E-state index contributed by atoms with van der Waals surface area (Å²) in [6.07, 6.45) is 3.72. The maximum Gasteiger partial charge on any atom is 0.246 e. The van der Waals surface area contributed by atoms with Crippen LogP contribution in [0.1, 0.15) is 156 Å². The Labute approximate surface area is 637 Å². The van der Waals surface area contributed by atoms with Crippen molar-refractivity contribution in [1.29, 1.82) is 0 Å². The Kier molecular flexibility index (Phi) is 37.4. The Morgan fingerprint density at radius 3 is 1.89 bits per heavy atom. The number of aryl methyl sites for hydroxylation is 1. The van der Waals surface area contributed by atoms with E-state index in [0.29, 0.717) is 24.8 Å². The predicted molar refractivity (Wildman–Crippen MR) is 405 cm³/mol. The number of aliphatic imine (C=N–C) groups is 1. The molecule has 2 aromatic carbocycles. The number of aromatic nitrogens is 3. The average Bonchev–Trinajstić information content (AvgIpc) is 1.74. The van der Waals surface area contributed by atoms with Gasteiger partial charge in [0.05, 0.1) is 24.9 Å². The summed E-state index contributed by atoms with van der Waals surface area (Å²) < 4.78 is 1.47. The first-order valence-electron chi connectivity index (χ1n) is 37.8. The standard InChI is InChI=1S/C74H117N21O14/c1-9-45(8)61(72(108)85-53(62(77)98)34-42(2)3)91-67(103)50(28-20-31-80-74(78)79)82-59(97)39-81-64(100)54(35-43(4)5)86-66(102)52-27-17-19-32-94-40-48(92-93-94)38-56(88-71(107)58-29-21-33-95(58)73(109)60(44(6)7)90-63(99)49(76)36-46-22-12-10-13-23-46)69(105)87-55(37-47-24-14-11-15-25-47)68(104)89-57(41-96)70(106)84-51(65(101)83-52)26-16-18-30-75/h10-15,22-25,40,42-45,49-58,60-61,96H,9,16-21,26-39,41,75-76H2,1-8H3,(H2,77,98)(H,81,100)(H,82,97)(H,83,101)(H,84,106)(H,85,108)(H,86,102)(H,87,105)(H,88,107)(H,89,104)(H,90,99)(H,91,103)(H4,78,79,80)/t45?,49-,50-,51-,52-,53-,54+,55-,56-,57-,58-,60-,61-/m0/s1. The van der Waals surface area contributed by atoms with Gasteiger partial charge in [-0.3, -0.25) is 72.0 Å². The predicted octanol–water partition coefficient (Wildman–Crippen LogP) is -2.77. The molecule has 1 saturated heterocycles. The third-order valence-electron chi connectivity index (χ3n) is 18.9. The van der Waals surface area contributed by atoms with Crippen LogP contribution in [0.15, 0.2) is 71.9 Å². The average molecular weight is 1520 g/mol. The van der Waals surface area contributed by atoms with Gasteiger partial charge < -0.3 is 97.2 Å². The van der Waals surface area contributed by atoms with Crippen LogP contribution < -0.4 is 87.2 Å². The molecule has 13 amide bonds. The zero-order valence-electron chi connectivity index (χ0n) is 64.0. The number of likely N-dealkylation sites (tertiary alicyclic amines) is 1. The van der Waals surface area contributed by atoms with Crippen molar-refractivity contribution in [1.82, 2.24) is 78.4 Å². The first-order valence-corrected chi connectivity index (χ1v) is 37.8. The number of guanidine groups is 1. The number of carbonyl (C=O) groups is 13. The first-order chi connectivity index (χ1) is 51.8. The van der Waals surface area contributed by atoms with E-state index in [4.69, 9.17) is 28.7 Å². The summed E-state index contributed by atoms with van der Waals surface area (Å²) in [6, 6.07) is 2.13. The Bertz CT molecular complexity index is 3540. The largest absolute Gasteiger partial charge is 0.394 e. The fourth-order valence-electron chi connectivity index (χ4n) is 12.7. The van der Waals surface area contributed by atoms with E-state index in [2.05, 4.69) is 73.8 Å². The molecule has 2 aliphatic heterocycles. The van der Waals surface area contributed by atoms with Gasteiger partial charge in [0.15, 0.2) is 5.96 Å². The van der Waals surface area contributed by atoms with Gasteiger partial charge in [-0.15, -0.1) is 5.10 Å². The zero-order valence-corrected chi connectivity index (χ0v) is 64.0. The van der Waals surface area contributed by atoms with Crippen LogP contribution in [0.5, 0.6) is 0 Å². The molecule has 3 aromatic rings. The number of primary amides is 1. The normalized spacial score (nSPS) is 20.1. The SMILES string of the molecule is CCC(C)[C@H](NC(=O)[C@H](CCCN=C(N)N)NC(=O)CNC(=O)[C@@H](CC(C)C)NC(=O)[C@@H]1CCCCn2cc(nn2)C[C@H](NC(=O)[C@@H]2CCCN2C(=O)[C@@H](NC(=O)[C@@H](N)Cc2ccccc2)C(C)C)C(=O)N[C@@H](Cc2ccccc2)C(=O)N[C@@H](CO)C(=O)N[C@@H](CCCCN)C(=O)N1)C(=O)N[C@@H](CC(C)C)C(N)=O. The number of aliphatic hydroxyl groups excluding tert-OH is 1. The van der Waals surface area contributed by atoms with E-state index in [0.717, 1.165) is 5.56 Å². The van der Waals surface area contributed by atoms with Crippen LogP contribution in [0, 0.1) is 23.7 Å². The molecule has 2 aliphatic rings. The number of nitrogens with two attached hydrogens (primary N) is 5. The summed E-state index contributed by atoms with van der Waals surface area (Å²) in [5.74, 6) is -11.6. The summed E-state index contributed by atoms with van der Waals surface area (Å²) in [6.45, 7) is 13.2. The topological polar surface area (TPSA) is 551 Å². The Hall–Kier alpha value is -10.2. The molecule has 1 fully saturated rings. The number of unbranched alkanes of at least 4 members (excludes halogenated alkanes) is 1. The maximum atomic E-state index is 14.9. The second kappa shape index (κ2) is 45.6. The number of benzene rings is 2. The van der Waals surface area contributed by atoms with Gasteiger partial charge in [0.2, 0.25) is 76.8 Å². The number of hydrogen-bond acceptors (Lipinski definition) is 19. The van der Waals surface area contributed by atoms with Gasteiger partial charge in [0.25, 0.3) is 0 Å². The molecule has 2 bridgehead atoms. The first kappa shape index (κ1) is 89.5. The van der Waals surface area contributed by atoms with Gasteiger partial charge in [-0.1, -0.05) is 128 Å². The lowest BCUT2D eigenvalue weighted by molar-refractivity contribution is -0.143. The monoisotopic (exact) mass is 1520 g/mol. The van der Waals surface area contributed by atoms with Crippen LogP contribution in [0.2, 0.25) is 0 Å². The molecule has 0 spiro atoms. The molecule has 109 heavy (non-hydrogen) atoms. The molecule has 0 saturated carbocycles. The van der Waals surface area contributed by atoms with E-state index in [1.165, 1.54) is 15.8 Å². The molecule has 3 heterocycles. The fraction of sp³-hybridized carbons (Fsp3) is 0.622. The minimum atomic E-state index is -1.74. The van der Waals surface area contributed by atoms with Crippen molar-refractivity contribution < 1.29 is 67.4 Å². The molecule has 1 unspecified atom stereocenters. The van der Waals surface area contributed by atoms with Gasteiger partial charge >= 0.3 is 0 Å². The number of hydrogen-bond donors (Lipinski definition) is 17. The highest BCUT2D eigenvalue weighted by atomic mass is 16.3. The molecule has 602 valence electrons. The molecule has 0 aliphatic carbocycles. The van der Waals surface area contributed by atoms with E-state index in [1.807, 2.05) is 44.2 Å². The molecule has 22 N–H and O–H groups in total. The summed E-state index contributed by atoms with van der Waals surface area (Å²) in [5.41, 5.74) is 30.5. The van der Waals surface area contributed by atoms with Crippen molar-refractivity contribution >= 4 is 82.8 Å². The van der Waals surface area contributed by atoms with Crippen LogP contribution in [0.3, 0.4) is 0 Å². The third kappa shape index (κ3) is 30.1. The van der Waals surface area contributed by atoms with Crippen LogP contribution >= 0.6 is 0 Å². The van der Waals surface area contributed by atoms with E-state index in [-0.39, 0.29) is 133 Å². The number of carbonyl (C=O) groups excluding carboxylic acids is 13. The molecule has 0 radical (unpaired) electrons. The smallest absolute Gasteiger partial charge is 0.246 e. The van der Waals surface area contributed by atoms with Gasteiger partial charge in [0, 0.05) is 38.7 Å². The summed E-state index contributed by atoms with van der Waals surface area (Å²) in [4.78, 5) is 190. The maximum absolute atomic E-state index is 14.9. The zero-order chi connectivity index (χ0) is 80.4. The van der Waals surface area contributed by atoms with Gasteiger partial charge in [-0.25, -0.2) is 0 Å². The summed E-state index contributed by atoms with van der Waals surface area (Å²) in [5, 5.41) is 49.0. The van der Waals surface area contributed by atoms with E-state index < -0.39 is 174 Å². The van der Waals surface area contributed by atoms with E-state index in [9.17, 15) is 67.4 Å². The minimum Gasteiger partial charge on any atom is -0.394 e. The number of rotatable bonds is 36. The third-order valence-corrected chi connectivity index (χ3v) is 18.9. The molecule has 35 heteroatoms. The highest BCUT2D eigenvalue weighted by molar-refractivity contribution is 6.00. The number of fused-ring (bicyclic) bond motifs is 2. The van der Waals surface area contributed by atoms with Crippen LogP contribution in [0.4, 0.5) is 0 Å². The van der Waals surface area contributed by atoms with Gasteiger partial charge in [-0.2, -0.15) is 0 Å². The number of nitrogens with one attached hydrogen (secondary N) is 11. The van der Waals surface area contributed by atoms with Crippen molar-refractivity contribution in [2.45, 2.75) is 237 Å². The van der Waals surface area contributed by atoms with Gasteiger partial charge in [-0.05, 0) is 125 Å². The van der Waals surface area contributed by atoms with Crippen LogP contribution in [-0.2, 0) is 88.1 Å². The Morgan fingerprint density at radius 2 is 1.27 bits per heavy atom.